The average molecular weight is 791 g/mol. The van der Waals surface area contributed by atoms with E-state index in [1.807, 2.05) is 91.0 Å². The second-order valence-corrected chi connectivity index (χ2v) is 13.8. The van der Waals surface area contributed by atoms with Gasteiger partial charge in [0.1, 0.15) is 37.5 Å². The SMILES string of the molecule is CC(C)(C)OC(=O)N[C@@H](CCCNC(=O)OCc1ccccc1)C(=O)N[C@@H](CCCNC(=O)OCc1ccccc1)C(=O)NCCNC(=O)OCc1ccccc1. The molecule has 0 unspecified atom stereocenters. The summed E-state index contributed by atoms with van der Waals surface area (Å²) in [5.41, 5.74) is 1.60. The summed E-state index contributed by atoms with van der Waals surface area (Å²) in [5, 5.41) is 15.8. The monoisotopic (exact) mass is 790 g/mol. The summed E-state index contributed by atoms with van der Waals surface area (Å²) in [6.07, 6.45) is -2.12. The van der Waals surface area contributed by atoms with Crippen LogP contribution in [0, 0.1) is 0 Å². The Balaban J connectivity index is 1.56. The molecular weight excluding hydrogens is 736 g/mol. The number of amides is 6. The molecular formula is C41H54N6O10. The van der Waals surface area contributed by atoms with Gasteiger partial charge in [0.05, 0.1) is 0 Å². The van der Waals surface area contributed by atoms with E-state index < -0.39 is 53.9 Å². The lowest BCUT2D eigenvalue weighted by Gasteiger charge is -2.25. The largest absolute Gasteiger partial charge is 0.445 e. The van der Waals surface area contributed by atoms with Crippen LogP contribution in [0.25, 0.3) is 0 Å². The van der Waals surface area contributed by atoms with E-state index in [0.29, 0.717) is 0 Å². The highest BCUT2D eigenvalue weighted by atomic mass is 16.6. The van der Waals surface area contributed by atoms with E-state index in [0.717, 1.165) is 16.7 Å². The summed E-state index contributed by atoms with van der Waals surface area (Å²) in [4.78, 5) is 76.5. The predicted octanol–water partition coefficient (Wildman–Crippen LogP) is 4.82. The first-order valence-electron chi connectivity index (χ1n) is 18.8. The maximum Gasteiger partial charge on any atom is 0.408 e. The molecule has 0 bridgehead atoms. The van der Waals surface area contributed by atoms with E-state index >= 15 is 0 Å². The van der Waals surface area contributed by atoms with Crippen LogP contribution in [0.3, 0.4) is 0 Å². The van der Waals surface area contributed by atoms with Gasteiger partial charge in [-0.3, -0.25) is 9.59 Å². The molecule has 16 heteroatoms. The number of hydrogen-bond acceptors (Lipinski definition) is 10. The van der Waals surface area contributed by atoms with E-state index in [1.54, 1.807) is 20.8 Å². The molecule has 6 amide bonds. The van der Waals surface area contributed by atoms with Crippen molar-refractivity contribution in [1.29, 1.82) is 0 Å². The minimum atomic E-state index is -1.15. The van der Waals surface area contributed by atoms with E-state index in [9.17, 15) is 28.8 Å². The molecule has 3 aromatic rings. The lowest BCUT2D eigenvalue weighted by Crippen LogP contribution is -2.54. The Bertz CT molecular complexity index is 1690. The van der Waals surface area contributed by atoms with Gasteiger partial charge in [-0.05, 0) is 63.1 Å². The Kier molecular flexibility index (Phi) is 19.7. The van der Waals surface area contributed by atoms with Gasteiger partial charge in [0.2, 0.25) is 11.8 Å². The number of alkyl carbamates (subject to hydrolysis) is 4. The molecule has 0 fully saturated rings. The zero-order chi connectivity index (χ0) is 41.3. The van der Waals surface area contributed by atoms with Gasteiger partial charge in [-0.25, -0.2) is 19.2 Å². The maximum absolute atomic E-state index is 13.7. The van der Waals surface area contributed by atoms with Crippen molar-refractivity contribution >= 4 is 36.2 Å². The first kappa shape index (κ1) is 45.1. The van der Waals surface area contributed by atoms with Gasteiger partial charge in [0, 0.05) is 26.2 Å². The van der Waals surface area contributed by atoms with Crippen molar-refractivity contribution in [3.63, 3.8) is 0 Å². The zero-order valence-corrected chi connectivity index (χ0v) is 32.7. The van der Waals surface area contributed by atoms with Crippen molar-refractivity contribution in [1.82, 2.24) is 31.9 Å². The normalized spacial score (nSPS) is 11.8. The van der Waals surface area contributed by atoms with Crippen molar-refractivity contribution < 1.29 is 47.7 Å². The molecule has 0 aliphatic rings. The Hall–Kier alpha value is -6.32. The predicted molar refractivity (Wildman–Crippen MR) is 210 cm³/mol. The smallest absolute Gasteiger partial charge is 0.408 e. The third kappa shape index (κ3) is 20.3. The lowest BCUT2D eigenvalue weighted by molar-refractivity contribution is -0.130. The van der Waals surface area contributed by atoms with Gasteiger partial charge < -0.3 is 50.8 Å². The van der Waals surface area contributed by atoms with Gasteiger partial charge in [0.25, 0.3) is 0 Å². The molecule has 0 saturated heterocycles. The summed E-state index contributed by atoms with van der Waals surface area (Å²) in [5.74, 6) is -1.24. The highest BCUT2D eigenvalue weighted by Gasteiger charge is 2.28. The van der Waals surface area contributed by atoms with Crippen LogP contribution in [0.15, 0.2) is 91.0 Å². The van der Waals surface area contributed by atoms with E-state index in [4.69, 9.17) is 18.9 Å². The molecule has 3 aromatic carbocycles. The molecule has 16 nitrogen and oxygen atoms in total. The lowest BCUT2D eigenvalue weighted by atomic mass is 10.1. The van der Waals surface area contributed by atoms with Crippen LogP contribution in [0.4, 0.5) is 19.2 Å². The van der Waals surface area contributed by atoms with Crippen molar-refractivity contribution in [3.8, 4) is 0 Å². The molecule has 0 aliphatic carbocycles. The topological polar surface area (TPSA) is 212 Å². The summed E-state index contributed by atoms with van der Waals surface area (Å²) in [6, 6.07) is 25.2. The Labute approximate surface area is 333 Å². The van der Waals surface area contributed by atoms with Crippen molar-refractivity contribution in [2.45, 2.75) is 84.0 Å². The molecule has 2 atom stereocenters. The van der Waals surface area contributed by atoms with Gasteiger partial charge in [-0.15, -0.1) is 0 Å². The molecule has 0 aromatic heterocycles. The van der Waals surface area contributed by atoms with Crippen LogP contribution in [-0.2, 0) is 48.4 Å². The number of rotatable bonds is 21. The fraction of sp³-hybridized carbons (Fsp3) is 0.415. The molecule has 57 heavy (non-hydrogen) atoms. The van der Waals surface area contributed by atoms with Crippen molar-refractivity contribution in [3.05, 3.63) is 108 Å². The van der Waals surface area contributed by atoms with Gasteiger partial charge in [-0.2, -0.15) is 0 Å². The van der Waals surface area contributed by atoms with Crippen LogP contribution < -0.4 is 31.9 Å². The van der Waals surface area contributed by atoms with Crippen molar-refractivity contribution in [2.75, 3.05) is 26.2 Å². The standard InChI is InChI=1S/C41H54N6O10/c1-41(2,3)57-40(53)47-34(22-14-24-44-38(51)55-28-31-17-9-5-10-18-31)36(49)46-33(21-13-23-43-37(50)54-27-30-15-7-4-8-16-30)35(48)42-25-26-45-39(52)56-29-32-19-11-6-12-20-32/h4-12,15-20,33-34H,13-14,21-29H2,1-3H3,(H,42,48)(H,43,50)(H,44,51)(H,45,52)(H,46,49)(H,47,53)/t33-,34-/m0/s1. The van der Waals surface area contributed by atoms with Crippen LogP contribution in [0.1, 0.15) is 63.1 Å². The maximum atomic E-state index is 13.7. The first-order valence-corrected chi connectivity index (χ1v) is 18.8. The molecule has 0 saturated carbocycles. The molecule has 0 radical (unpaired) electrons. The average Bonchev–Trinajstić information content (AvgIpc) is 3.19. The molecule has 6 N–H and O–H groups in total. The van der Waals surface area contributed by atoms with Crippen molar-refractivity contribution in [2.24, 2.45) is 0 Å². The van der Waals surface area contributed by atoms with E-state index in [2.05, 4.69) is 31.9 Å². The Morgan fingerprint density at radius 3 is 1.25 bits per heavy atom. The van der Waals surface area contributed by atoms with Gasteiger partial charge in [0.15, 0.2) is 0 Å². The third-order valence-corrected chi connectivity index (χ3v) is 7.85. The van der Waals surface area contributed by atoms with Crippen LogP contribution in [-0.4, -0.2) is 80.1 Å². The van der Waals surface area contributed by atoms with E-state index in [-0.39, 0.29) is 71.7 Å². The quantitative estimate of drug-likeness (QED) is 0.0640. The molecule has 308 valence electrons. The number of benzene rings is 3. The van der Waals surface area contributed by atoms with E-state index in [1.165, 1.54) is 0 Å². The fourth-order valence-corrected chi connectivity index (χ4v) is 5.05. The molecule has 0 aliphatic heterocycles. The summed E-state index contributed by atoms with van der Waals surface area (Å²) in [6.45, 7) is 5.59. The summed E-state index contributed by atoms with van der Waals surface area (Å²) >= 11 is 0. The fourth-order valence-electron chi connectivity index (χ4n) is 5.05. The second kappa shape index (κ2) is 25.0. The number of nitrogens with one attached hydrogen (secondary N) is 6. The van der Waals surface area contributed by atoms with Gasteiger partial charge in [-0.1, -0.05) is 91.0 Å². The number of carbonyl (C=O) groups excluding carboxylic acids is 6. The minimum absolute atomic E-state index is 0.0152. The first-order chi connectivity index (χ1) is 27.4. The highest BCUT2D eigenvalue weighted by molar-refractivity contribution is 5.91. The second-order valence-electron chi connectivity index (χ2n) is 13.8. The number of hydrogen-bond donors (Lipinski definition) is 6. The summed E-state index contributed by atoms with van der Waals surface area (Å²) < 4.78 is 21.0. The minimum Gasteiger partial charge on any atom is -0.445 e. The zero-order valence-electron chi connectivity index (χ0n) is 32.7. The van der Waals surface area contributed by atoms with Crippen LogP contribution in [0.5, 0.6) is 0 Å². The highest BCUT2D eigenvalue weighted by Crippen LogP contribution is 2.09. The van der Waals surface area contributed by atoms with Crippen LogP contribution in [0.2, 0.25) is 0 Å². The summed E-state index contributed by atoms with van der Waals surface area (Å²) in [7, 11) is 0. The third-order valence-electron chi connectivity index (χ3n) is 7.85. The number of carbonyl (C=O) groups is 6. The van der Waals surface area contributed by atoms with Gasteiger partial charge >= 0.3 is 24.4 Å². The Morgan fingerprint density at radius 2 is 0.842 bits per heavy atom. The molecule has 0 heterocycles. The molecule has 0 spiro atoms. The molecule has 3 rings (SSSR count). The van der Waals surface area contributed by atoms with Crippen LogP contribution >= 0.6 is 0 Å². The Morgan fingerprint density at radius 1 is 0.474 bits per heavy atom. The number of ether oxygens (including phenoxy) is 4.